The Labute approximate surface area is 112 Å². The van der Waals surface area contributed by atoms with Gasteiger partial charge in [-0.3, -0.25) is 4.68 Å². The molecule has 2 aromatic heterocycles. The van der Waals surface area contributed by atoms with Crippen molar-refractivity contribution in [3.63, 3.8) is 0 Å². The molecular formula is C13H20N4S. The van der Waals surface area contributed by atoms with Gasteiger partial charge in [0, 0.05) is 18.0 Å². The second-order valence-corrected chi connectivity index (χ2v) is 5.20. The van der Waals surface area contributed by atoms with Gasteiger partial charge in [0.25, 0.3) is 0 Å². The van der Waals surface area contributed by atoms with Gasteiger partial charge in [0.15, 0.2) is 0 Å². The van der Waals surface area contributed by atoms with Crippen LogP contribution in [-0.4, -0.2) is 14.8 Å². The highest BCUT2D eigenvalue weighted by Gasteiger charge is 2.13. The standard InChI is InChI=1S/C13H20N4S/c1-3-11(4-2)17-6-5-10(16-17)7-12(14)13-8-18-9-15-13/h5-6,8-9,11-12H,3-4,7,14H2,1-2H3. The summed E-state index contributed by atoms with van der Waals surface area (Å²) in [5.41, 5.74) is 9.93. The van der Waals surface area contributed by atoms with Gasteiger partial charge in [0.2, 0.25) is 0 Å². The Morgan fingerprint density at radius 2 is 2.17 bits per heavy atom. The van der Waals surface area contributed by atoms with E-state index in [9.17, 15) is 0 Å². The molecule has 2 heterocycles. The Kier molecular flexibility index (Phi) is 4.49. The Morgan fingerprint density at radius 3 is 2.78 bits per heavy atom. The van der Waals surface area contributed by atoms with Gasteiger partial charge in [0.05, 0.1) is 29.0 Å². The molecule has 0 fully saturated rings. The van der Waals surface area contributed by atoms with Gasteiger partial charge >= 0.3 is 0 Å². The molecule has 5 heteroatoms. The first-order chi connectivity index (χ1) is 8.74. The zero-order valence-corrected chi connectivity index (χ0v) is 11.7. The van der Waals surface area contributed by atoms with E-state index in [-0.39, 0.29) is 6.04 Å². The lowest BCUT2D eigenvalue weighted by atomic mass is 10.1. The first kappa shape index (κ1) is 13.2. The molecule has 0 bridgehead atoms. The molecular weight excluding hydrogens is 244 g/mol. The van der Waals surface area contributed by atoms with Crippen molar-refractivity contribution in [2.24, 2.45) is 5.73 Å². The molecule has 1 unspecified atom stereocenters. The molecule has 1 atom stereocenters. The van der Waals surface area contributed by atoms with E-state index >= 15 is 0 Å². The predicted octanol–water partition coefficient (Wildman–Crippen LogP) is 2.94. The molecule has 0 aliphatic carbocycles. The number of nitrogens with zero attached hydrogens (tertiary/aromatic N) is 3. The van der Waals surface area contributed by atoms with Gasteiger partial charge in [-0.2, -0.15) is 5.10 Å². The topological polar surface area (TPSA) is 56.7 Å². The third kappa shape index (κ3) is 2.97. The van der Waals surface area contributed by atoms with E-state index in [1.165, 1.54) is 0 Å². The molecule has 2 rings (SSSR count). The van der Waals surface area contributed by atoms with Crippen LogP contribution in [0.4, 0.5) is 0 Å². The van der Waals surface area contributed by atoms with Crippen molar-refractivity contribution < 1.29 is 0 Å². The highest BCUT2D eigenvalue weighted by molar-refractivity contribution is 7.07. The van der Waals surface area contributed by atoms with Crippen LogP contribution in [0.5, 0.6) is 0 Å². The van der Waals surface area contributed by atoms with E-state index in [0.29, 0.717) is 6.04 Å². The van der Waals surface area contributed by atoms with Crippen LogP contribution in [0.15, 0.2) is 23.2 Å². The lowest BCUT2D eigenvalue weighted by Gasteiger charge is -2.12. The summed E-state index contributed by atoms with van der Waals surface area (Å²) in [7, 11) is 0. The first-order valence-electron chi connectivity index (χ1n) is 6.42. The first-order valence-corrected chi connectivity index (χ1v) is 7.36. The molecule has 0 saturated heterocycles. The van der Waals surface area contributed by atoms with Gasteiger partial charge in [-0.25, -0.2) is 4.98 Å². The van der Waals surface area contributed by atoms with Crippen molar-refractivity contribution in [3.8, 4) is 0 Å². The number of hydrogen-bond donors (Lipinski definition) is 1. The maximum absolute atomic E-state index is 6.12. The van der Waals surface area contributed by atoms with Crippen LogP contribution in [0.1, 0.15) is 50.2 Å². The van der Waals surface area contributed by atoms with Crippen molar-refractivity contribution in [3.05, 3.63) is 34.5 Å². The van der Waals surface area contributed by atoms with Gasteiger partial charge in [0.1, 0.15) is 0 Å². The largest absolute Gasteiger partial charge is 0.322 e. The van der Waals surface area contributed by atoms with Crippen molar-refractivity contribution in [2.45, 2.75) is 45.2 Å². The average Bonchev–Trinajstić information content (AvgIpc) is 3.01. The predicted molar refractivity (Wildman–Crippen MR) is 74.6 cm³/mol. The zero-order valence-electron chi connectivity index (χ0n) is 10.9. The normalized spacial score (nSPS) is 13.1. The quantitative estimate of drug-likeness (QED) is 0.872. The summed E-state index contributed by atoms with van der Waals surface area (Å²) in [6.07, 6.45) is 5.02. The van der Waals surface area contributed by atoms with Crippen LogP contribution in [0.25, 0.3) is 0 Å². The molecule has 2 aromatic rings. The fourth-order valence-electron chi connectivity index (χ4n) is 2.09. The smallest absolute Gasteiger partial charge is 0.0795 e. The molecule has 4 nitrogen and oxygen atoms in total. The van der Waals surface area contributed by atoms with E-state index in [4.69, 9.17) is 5.73 Å². The van der Waals surface area contributed by atoms with E-state index in [1.807, 2.05) is 10.9 Å². The minimum Gasteiger partial charge on any atom is -0.322 e. The van der Waals surface area contributed by atoms with Crippen molar-refractivity contribution in [1.29, 1.82) is 0 Å². The molecule has 0 aromatic carbocycles. The van der Waals surface area contributed by atoms with Crippen LogP contribution < -0.4 is 5.73 Å². The van der Waals surface area contributed by atoms with Gasteiger partial charge in [-0.1, -0.05) is 13.8 Å². The molecule has 0 amide bonds. The molecule has 0 aliphatic rings. The highest BCUT2D eigenvalue weighted by atomic mass is 32.1. The molecule has 0 spiro atoms. The number of nitrogens with two attached hydrogens (primary N) is 1. The van der Waals surface area contributed by atoms with Crippen LogP contribution in [0.3, 0.4) is 0 Å². The summed E-state index contributed by atoms with van der Waals surface area (Å²) in [6.45, 7) is 4.38. The minimum atomic E-state index is -0.0543. The van der Waals surface area contributed by atoms with Crippen LogP contribution in [0.2, 0.25) is 0 Å². The molecule has 18 heavy (non-hydrogen) atoms. The van der Waals surface area contributed by atoms with Gasteiger partial charge in [-0.05, 0) is 18.9 Å². The third-order valence-corrected chi connectivity index (χ3v) is 3.85. The highest BCUT2D eigenvalue weighted by Crippen LogP contribution is 2.18. The Balaban J connectivity index is 2.02. The maximum Gasteiger partial charge on any atom is 0.0795 e. The summed E-state index contributed by atoms with van der Waals surface area (Å²) in [4.78, 5) is 4.25. The molecule has 2 N–H and O–H groups in total. The third-order valence-electron chi connectivity index (χ3n) is 3.24. The Bertz CT molecular complexity index is 459. The summed E-state index contributed by atoms with van der Waals surface area (Å²) < 4.78 is 2.06. The summed E-state index contributed by atoms with van der Waals surface area (Å²) in [5.74, 6) is 0. The van der Waals surface area contributed by atoms with E-state index in [0.717, 1.165) is 30.7 Å². The number of hydrogen-bond acceptors (Lipinski definition) is 4. The zero-order chi connectivity index (χ0) is 13.0. The SMILES string of the molecule is CCC(CC)n1ccc(CC(N)c2cscn2)n1. The summed E-state index contributed by atoms with van der Waals surface area (Å²) in [6, 6.07) is 2.50. The molecule has 0 saturated carbocycles. The van der Waals surface area contributed by atoms with Gasteiger partial charge in [-0.15, -0.1) is 11.3 Å². The lowest BCUT2D eigenvalue weighted by molar-refractivity contribution is 0.424. The summed E-state index contributed by atoms with van der Waals surface area (Å²) >= 11 is 1.58. The molecule has 0 aliphatic heterocycles. The van der Waals surface area contributed by atoms with Crippen LogP contribution in [0, 0.1) is 0 Å². The number of aromatic nitrogens is 3. The van der Waals surface area contributed by atoms with Crippen molar-refractivity contribution >= 4 is 11.3 Å². The van der Waals surface area contributed by atoms with Crippen molar-refractivity contribution in [1.82, 2.24) is 14.8 Å². The number of thiazole rings is 1. The average molecular weight is 264 g/mol. The summed E-state index contributed by atoms with van der Waals surface area (Å²) in [5, 5.41) is 6.62. The van der Waals surface area contributed by atoms with Crippen LogP contribution in [-0.2, 0) is 6.42 Å². The van der Waals surface area contributed by atoms with Gasteiger partial charge < -0.3 is 5.73 Å². The fourth-order valence-corrected chi connectivity index (χ4v) is 2.71. The van der Waals surface area contributed by atoms with E-state index < -0.39 is 0 Å². The Hall–Kier alpha value is -1.20. The second kappa shape index (κ2) is 6.11. The van der Waals surface area contributed by atoms with E-state index in [2.05, 4.69) is 40.9 Å². The van der Waals surface area contributed by atoms with Crippen molar-refractivity contribution in [2.75, 3.05) is 0 Å². The van der Waals surface area contributed by atoms with E-state index in [1.54, 1.807) is 11.3 Å². The Morgan fingerprint density at radius 1 is 1.39 bits per heavy atom. The monoisotopic (exact) mass is 264 g/mol. The fraction of sp³-hybridized carbons (Fsp3) is 0.538. The minimum absolute atomic E-state index is 0.0543. The molecule has 0 radical (unpaired) electrons. The lowest BCUT2D eigenvalue weighted by Crippen LogP contribution is -2.15. The van der Waals surface area contributed by atoms with Crippen LogP contribution >= 0.6 is 11.3 Å². The number of rotatable bonds is 6. The second-order valence-electron chi connectivity index (χ2n) is 4.48. The maximum atomic E-state index is 6.12. The molecule has 98 valence electrons.